The summed E-state index contributed by atoms with van der Waals surface area (Å²) in [4.78, 5) is 18.3. The van der Waals surface area contributed by atoms with Crippen molar-refractivity contribution < 1.29 is 0 Å². The minimum Gasteiger partial charge on any atom is -0.371 e. The van der Waals surface area contributed by atoms with Crippen molar-refractivity contribution in [2.24, 2.45) is 10.9 Å². The third kappa shape index (κ3) is 4.13. The van der Waals surface area contributed by atoms with E-state index < -0.39 is 0 Å². The van der Waals surface area contributed by atoms with Crippen molar-refractivity contribution >= 4 is 29.2 Å². The summed E-state index contributed by atoms with van der Waals surface area (Å²) < 4.78 is 0. The fourth-order valence-corrected chi connectivity index (χ4v) is 4.98. The van der Waals surface area contributed by atoms with E-state index in [0.29, 0.717) is 6.04 Å². The number of hydrogen-bond acceptors (Lipinski definition) is 6. The molecule has 1 N–H and O–H groups in total. The zero-order valence-corrected chi connectivity index (χ0v) is 17.9. The van der Waals surface area contributed by atoms with E-state index in [9.17, 15) is 0 Å². The van der Waals surface area contributed by atoms with E-state index in [-0.39, 0.29) is 0 Å². The number of anilines is 3. The lowest BCUT2D eigenvalue weighted by atomic mass is 9.77. The Morgan fingerprint density at radius 1 is 1.07 bits per heavy atom. The molecule has 1 saturated heterocycles. The van der Waals surface area contributed by atoms with Gasteiger partial charge in [-0.05, 0) is 74.6 Å². The van der Waals surface area contributed by atoms with E-state index >= 15 is 0 Å². The summed E-state index contributed by atoms with van der Waals surface area (Å²) in [6.07, 6.45) is 14.4. The van der Waals surface area contributed by atoms with Crippen LogP contribution < -0.4 is 15.1 Å². The van der Waals surface area contributed by atoms with Gasteiger partial charge in [-0.15, -0.1) is 0 Å². The molecule has 5 rings (SSSR count). The number of rotatable bonds is 6. The van der Waals surface area contributed by atoms with Crippen molar-refractivity contribution in [1.29, 1.82) is 0 Å². The molecule has 2 aliphatic heterocycles. The third-order valence-electron chi connectivity index (χ3n) is 6.82. The minimum atomic E-state index is 0.509. The lowest BCUT2D eigenvalue weighted by molar-refractivity contribution is 0.265. The maximum absolute atomic E-state index is 4.81. The van der Waals surface area contributed by atoms with Crippen molar-refractivity contribution in [2.45, 2.75) is 51.0 Å². The van der Waals surface area contributed by atoms with Gasteiger partial charge < -0.3 is 15.1 Å². The SMILES string of the molecule is CN1CC=Nc2c(CCC3CC(Nc4ncccn4)C3)cc(N3CCCCC3)cc21. The Hall–Kier alpha value is -2.63. The summed E-state index contributed by atoms with van der Waals surface area (Å²) in [5.74, 6) is 1.52. The molecule has 158 valence electrons. The van der Waals surface area contributed by atoms with Gasteiger partial charge in [0.15, 0.2) is 0 Å². The smallest absolute Gasteiger partial charge is 0.222 e. The third-order valence-corrected chi connectivity index (χ3v) is 6.82. The molecule has 0 atom stereocenters. The van der Waals surface area contributed by atoms with Gasteiger partial charge in [-0.3, -0.25) is 4.99 Å². The molecule has 1 aromatic heterocycles. The second-order valence-electron chi connectivity index (χ2n) is 9.00. The summed E-state index contributed by atoms with van der Waals surface area (Å²) >= 11 is 0. The van der Waals surface area contributed by atoms with Crippen LogP contribution in [0.5, 0.6) is 0 Å². The highest BCUT2D eigenvalue weighted by Gasteiger charge is 2.30. The molecule has 0 radical (unpaired) electrons. The Morgan fingerprint density at radius 3 is 2.67 bits per heavy atom. The molecule has 3 heterocycles. The number of piperidine rings is 1. The topological polar surface area (TPSA) is 56.6 Å². The first-order valence-electron chi connectivity index (χ1n) is 11.5. The van der Waals surface area contributed by atoms with Gasteiger partial charge in [-0.25, -0.2) is 9.97 Å². The van der Waals surface area contributed by atoms with E-state index in [0.717, 1.165) is 24.8 Å². The molecule has 0 unspecified atom stereocenters. The van der Waals surface area contributed by atoms with Crippen LogP contribution in [-0.2, 0) is 6.42 Å². The molecule has 6 nitrogen and oxygen atoms in total. The molecule has 2 fully saturated rings. The number of benzene rings is 1. The number of fused-ring (bicyclic) bond motifs is 1. The summed E-state index contributed by atoms with van der Waals surface area (Å²) in [6, 6.07) is 7.15. The van der Waals surface area contributed by atoms with Crippen molar-refractivity contribution in [2.75, 3.05) is 41.8 Å². The van der Waals surface area contributed by atoms with Crippen LogP contribution in [0.3, 0.4) is 0 Å². The normalized spacial score (nSPS) is 23.1. The van der Waals surface area contributed by atoms with Crippen LogP contribution in [0.2, 0.25) is 0 Å². The van der Waals surface area contributed by atoms with Crippen LogP contribution in [0.15, 0.2) is 35.6 Å². The summed E-state index contributed by atoms with van der Waals surface area (Å²) in [7, 11) is 2.18. The monoisotopic (exact) mass is 404 g/mol. The number of aliphatic imine (C=N–C) groups is 1. The Bertz CT molecular complexity index is 884. The van der Waals surface area contributed by atoms with Crippen LogP contribution >= 0.6 is 0 Å². The highest BCUT2D eigenvalue weighted by molar-refractivity contribution is 5.85. The van der Waals surface area contributed by atoms with Gasteiger partial charge in [0, 0.05) is 50.5 Å². The van der Waals surface area contributed by atoms with Gasteiger partial charge in [0.2, 0.25) is 5.95 Å². The van der Waals surface area contributed by atoms with Crippen molar-refractivity contribution in [1.82, 2.24) is 9.97 Å². The average molecular weight is 405 g/mol. The van der Waals surface area contributed by atoms with E-state index in [1.807, 2.05) is 6.07 Å². The van der Waals surface area contributed by atoms with Crippen LogP contribution in [0.25, 0.3) is 0 Å². The van der Waals surface area contributed by atoms with Gasteiger partial charge in [-0.1, -0.05) is 0 Å². The van der Waals surface area contributed by atoms with Crippen LogP contribution in [0.4, 0.5) is 23.0 Å². The highest BCUT2D eigenvalue weighted by Crippen LogP contribution is 2.41. The fraction of sp³-hybridized carbons (Fsp3) is 0.542. The largest absolute Gasteiger partial charge is 0.371 e. The van der Waals surface area contributed by atoms with Crippen LogP contribution in [-0.4, -0.2) is 48.9 Å². The second kappa shape index (κ2) is 8.62. The number of aryl methyl sites for hydroxylation is 1. The quantitative estimate of drug-likeness (QED) is 0.771. The van der Waals surface area contributed by atoms with Crippen molar-refractivity contribution in [3.63, 3.8) is 0 Å². The fourth-order valence-electron chi connectivity index (χ4n) is 4.98. The van der Waals surface area contributed by atoms with E-state index in [1.54, 1.807) is 12.4 Å². The van der Waals surface area contributed by atoms with Gasteiger partial charge >= 0.3 is 0 Å². The zero-order valence-electron chi connectivity index (χ0n) is 17.9. The molecule has 30 heavy (non-hydrogen) atoms. The maximum atomic E-state index is 4.81. The first-order valence-corrected chi connectivity index (χ1v) is 11.5. The molecular formula is C24H32N6. The zero-order chi connectivity index (χ0) is 20.3. The number of aromatic nitrogens is 2. The van der Waals surface area contributed by atoms with Crippen molar-refractivity contribution in [3.8, 4) is 0 Å². The van der Waals surface area contributed by atoms with Gasteiger partial charge in [0.05, 0.1) is 17.9 Å². The molecule has 2 aromatic rings. The van der Waals surface area contributed by atoms with Crippen LogP contribution in [0, 0.1) is 5.92 Å². The molecular weight excluding hydrogens is 372 g/mol. The number of nitrogens with one attached hydrogen (secondary N) is 1. The molecule has 0 bridgehead atoms. The average Bonchev–Trinajstić information content (AvgIpc) is 2.77. The Labute approximate surface area is 179 Å². The maximum Gasteiger partial charge on any atom is 0.222 e. The predicted molar refractivity (Wildman–Crippen MR) is 124 cm³/mol. The van der Waals surface area contributed by atoms with Gasteiger partial charge in [0.1, 0.15) is 0 Å². The van der Waals surface area contributed by atoms with Gasteiger partial charge in [-0.2, -0.15) is 0 Å². The predicted octanol–water partition coefficient (Wildman–Crippen LogP) is 4.44. The Morgan fingerprint density at radius 2 is 1.87 bits per heavy atom. The molecule has 3 aliphatic rings. The summed E-state index contributed by atoms with van der Waals surface area (Å²) in [6.45, 7) is 3.26. The Balaban J connectivity index is 1.25. The molecule has 0 amide bonds. The molecule has 1 aliphatic carbocycles. The summed E-state index contributed by atoms with van der Waals surface area (Å²) in [5.41, 5.74) is 5.29. The molecule has 0 spiro atoms. The van der Waals surface area contributed by atoms with E-state index in [4.69, 9.17) is 4.99 Å². The number of hydrogen-bond donors (Lipinski definition) is 1. The Kier molecular flexibility index (Phi) is 5.56. The first kappa shape index (κ1) is 19.3. The standard InChI is InChI=1S/C24H32N6/c1-29-13-10-25-23-19(16-21(17-22(23)29)30-11-3-2-4-12-30)7-6-18-14-20(15-18)28-24-26-8-5-9-27-24/h5,8-10,16-18,20H,2-4,6-7,11-15H2,1H3,(H,26,27,28). The highest BCUT2D eigenvalue weighted by atomic mass is 15.2. The lowest BCUT2D eigenvalue weighted by Crippen LogP contribution is -2.36. The molecule has 1 aromatic carbocycles. The van der Waals surface area contributed by atoms with E-state index in [1.165, 1.54) is 74.2 Å². The van der Waals surface area contributed by atoms with Crippen LogP contribution in [0.1, 0.15) is 44.1 Å². The van der Waals surface area contributed by atoms with Crippen molar-refractivity contribution in [3.05, 3.63) is 36.2 Å². The summed E-state index contributed by atoms with van der Waals surface area (Å²) in [5, 5.41) is 3.46. The molecule has 1 saturated carbocycles. The number of nitrogens with zero attached hydrogens (tertiary/aromatic N) is 5. The first-order chi connectivity index (χ1) is 14.8. The molecule has 6 heteroatoms. The lowest BCUT2D eigenvalue weighted by Gasteiger charge is -2.36. The minimum absolute atomic E-state index is 0.509. The van der Waals surface area contributed by atoms with Gasteiger partial charge in [0.25, 0.3) is 0 Å². The second-order valence-corrected chi connectivity index (χ2v) is 9.00. The van der Waals surface area contributed by atoms with E-state index in [2.05, 4.69) is 50.5 Å².